The van der Waals surface area contributed by atoms with Crippen molar-refractivity contribution in [2.45, 2.75) is 0 Å². The van der Waals surface area contributed by atoms with E-state index in [9.17, 15) is 0 Å². The third-order valence-electron chi connectivity index (χ3n) is 11.3. The van der Waals surface area contributed by atoms with Gasteiger partial charge in [-0.25, -0.2) is 9.97 Å². The molecule has 5 heteroatoms. The Bertz CT molecular complexity index is 3450. The highest BCUT2D eigenvalue weighted by atomic mass is 32.1. The fourth-order valence-electron chi connectivity index (χ4n) is 8.87. The minimum Gasteiger partial charge on any atom is -0.309 e. The molecule has 266 valence electrons. The van der Waals surface area contributed by atoms with Gasteiger partial charge in [0.25, 0.3) is 0 Å². The number of hydrogen-bond donors (Lipinski definition) is 0. The zero-order valence-electron chi connectivity index (χ0n) is 30.7. The summed E-state index contributed by atoms with van der Waals surface area (Å²) in [7, 11) is 0. The predicted molar refractivity (Wildman–Crippen MR) is 240 cm³/mol. The molecule has 0 fully saturated rings. The second-order valence-corrected chi connectivity index (χ2v) is 15.6. The minimum absolute atomic E-state index is 0.706. The molecule has 4 aromatic heterocycles. The number of benzene rings is 8. The molecular weight excluding hydrogens is 713 g/mol. The minimum atomic E-state index is 0.706. The molecule has 0 spiro atoms. The molecule has 0 aliphatic rings. The molecule has 0 radical (unpaired) electrons. The van der Waals surface area contributed by atoms with Gasteiger partial charge in [0.1, 0.15) is 0 Å². The smallest absolute Gasteiger partial charge is 0.160 e. The number of rotatable bonds is 5. The summed E-state index contributed by atoms with van der Waals surface area (Å²) in [5.74, 6) is 0.706. The van der Waals surface area contributed by atoms with E-state index in [-0.39, 0.29) is 0 Å². The molecule has 0 saturated heterocycles. The Labute approximate surface area is 332 Å². The highest BCUT2D eigenvalue weighted by Gasteiger charge is 2.26. The van der Waals surface area contributed by atoms with Crippen molar-refractivity contribution in [3.05, 3.63) is 194 Å². The predicted octanol–water partition coefficient (Wildman–Crippen LogP) is 14.0. The number of thiophene rings is 1. The van der Waals surface area contributed by atoms with E-state index < -0.39 is 0 Å². The molecule has 4 nitrogen and oxygen atoms in total. The molecule has 0 unspecified atom stereocenters. The third-order valence-corrected chi connectivity index (χ3v) is 12.5. The Kier molecular flexibility index (Phi) is 7.06. The number of hydrogen-bond acceptors (Lipinski definition) is 3. The second kappa shape index (κ2) is 12.6. The van der Waals surface area contributed by atoms with Crippen molar-refractivity contribution in [2.75, 3.05) is 0 Å². The molecule has 0 atom stereocenters. The van der Waals surface area contributed by atoms with Gasteiger partial charge in [-0.05, 0) is 48.5 Å². The quantitative estimate of drug-likeness (QED) is 0.176. The van der Waals surface area contributed by atoms with Crippen molar-refractivity contribution in [2.24, 2.45) is 0 Å². The molecule has 4 heterocycles. The van der Waals surface area contributed by atoms with Crippen LogP contribution >= 0.6 is 11.3 Å². The summed E-state index contributed by atoms with van der Waals surface area (Å²) < 4.78 is 7.56. The van der Waals surface area contributed by atoms with Crippen molar-refractivity contribution in [1.82, 2.24) is 19.1 Å². The molecule has 0 saturated carbocycles. The summed E-state index contributed by atoms with van der Waals surface area (Å²) in [5, 5.41) is 7.63. The molecular formula is C52H32N4S. The van der Waals surface area contributed by atoms with E-state index in [1.807, 2.05) is 35.6 Å². The zero-order valence-corrected chi connectivity index (χ0v) is 31.5. The molecule has 8 aromatic carbocycles. The largest absolute Gasteiger partial charge is 0.309 e. The van der Waals surface area contributed by atoms with E-state index in [0.717, 1.165) is 39.5 Å². The first-order valence-electron chi connectivity index (χ1n) is 19.3. The van der Waals surface area contributed by atoms with Crippen LogP contribution in [-0.2, 0) is 0 Å². The lowest BCUT2D eigenvalue weighted by atomic mass is 10.0. The van der Waals surface area contributed by atoms with E-state index in [2.05, 4.69) is 179 Å². The molecule has 0 N–H and O–H groups in total. The highest BCUT2D eigenvalue weighted by Crippen LogP contribution is 2.51. The van der Waals surface area contributed by atoms with Gasteiger partial charge in [-0.15, -0.1) is 11.3 Å². The Balaban J connectivity index is 1.21. The monoisotopic (exact) mass is 744 g/mol. The third kappa shape index (κ3) is 4.86. The lowest BCUT2D eigenvalue weighted by molar-refractivity contribution is 1.17. The van der Waals surface area contributed by atoms with Crippen LogP contribution in [0.5, 0.6) is 0 Å². The van der Waals surface area contributed by atoms with Crippen LogP contribution in [0.15, 0.2) is 194 Å². The maximum atomic E-state index is 5.21. The maximum absolute atomic E-state index is 5.21. The van der Waals surface area contributed by atoms with Gasteiger partial charge < -0.3 is 9.13 Å². The summed E-state index contributed by atoms with van der Waals surface area (Å²) >= 11 is 1.89. The Morgan fingerprint density at radius 1 is 0.368 bits per heavy atom. The first kappa shape index (κ1) is 32.0. The fraction of sp³-hybridized carbons (Fsp3) is 0. The Morgan fingerprint density at radius 3 is 1.61 bits per heavy atom. The fourth-order valence-corrected chi connectivity index (χ4v) is 10.1. The Morgan fingerprint density at radius 2 is 0.895 bits per heavy atom. The van der Waals surface area contributed by atoms with Crippen LogP contribution in [0.1, 0.15) is 0 Å². The standard InChI is InChI=1S/C52H32N4S/c1-4-17-33(18-5-1)41-32-42(54-52(53-41)34-19-6-2-7-20-34)35-21-16-24-37(31-35)56-44-29-14-11-26-39(44)48-49-46(47-40-27-12-15-30-45(40)57-51(47)50(48)56)38-25-10-13-28-43(38)55(49)36-22-8-3-9-23-36/h1-32H. The van der Waals surface area contributed by atoms with Gasteiger partial charge in [-0.2, -0.15) is 0 Å². The van der Waals surface area contributed by atoms with Crippen LogP contribution in [0.3, 0.4) is 0 Å². The van der Waals surface area contributed by atoms with Crippen LogP contribution < -0.4 is 0 Å². The Hall–Kier alpha value is -7.34. The molecule has 12 aromatic rings. The van der Waals surface area contributed by atoms with Crippen LogP contribution in [-0.4, -0.2) is 19.1 Å². The number of aromatic nitrogens is 4. The first-order valence-corrected chi connectivity index (χ1v) is 20.1. The molecule has 57 heavy (non-hydrogen) atoms. The topological polar surface area (TPSA) is 35.6 Å². The molecule has 0 aliphatic heterocycles. The van der Waals surface area contributed by atoms with E-state index in [0.29, 0.717) is 5.82 Å². The summed E-state index contributed by atoms with van der Waals surface area (Å²) in [6.45, 7) is 0. The van der Waals surface area contributed by atoms with E-state index in [1.54, 1.807) is 0 Å². The number of fused-ring (bicyclic) bond motifs is 12. The van der Waals surface area contributed by atoms with Gasteiger partial charge in [-0.3, -0.25) is 0 Å². The van der Waals surface area contributed by atoms with Gasteiger partial charge in [0, 0.05) is 65.1 Å². The van der Waals surface area contributed by atoms with Crippen molar-refractivity contribution in [1.29, 1.82) is 0 Å². The first-order chi connectivity index (χ1) is 28.3. The lowest BCUT2D eigenvalue weighted by Crippen LogP contribution is -1.98. The average Bonchev–Trinajstić information content (AvgIpc) is 3.95. The van der Waals surface area contributed by atoms with Crippen LogP contribution in [0, 0.1) is 0 Å². The van der Waals surface area contributed by atoms with Crippen molar-refractivity contribution in [3.8, 4) is 45.3 Å². The molecule has 12 rings (SSSR count). The van der Waals surface area contributed by atoms with E-state index >= 15 is 0 Å². The number of nitrogens with zero attached hydrogens (tertiary/aromatic N) is 4. The van der Waals surface area contributed by atoms with Crippen molar-refractivity contribution >= 4 is 75.1 Å². The van der Waals surface area contributed by atoms with E-state index in [4.69, 9.17) is 9.97 Å². The summed E-state index contributed by atoms with van der Waals surface area (Å²) in [4.78, 5) is 10.3. The summed E-state index contributed by atoms with van der Waals surface area (Å²) in [6, 6.07) is 69.2. The van der Waals surface area contributed by atoms with Crippen LogP contribution in [0.25, 0.3) is 109 Å². The van der Waals surface area contributed by atoms with Gasteiger partial charge in [0.2, 0.25) is 0 Å². The molecule has 0 amide bonds. The lowest BCUT2D eigenvalue weighted by Gasteiger charge is -2.13. The van der Waals surface area contributed by atoms with Gasteiger partial charge in [0.05, 0.1) is 38.2 Å². The zero-order chi connectivity index (χ0) is 37.5. The highest BCUT2D eigenvalue weighted by molar-refractivity contribution is 7.27. The average molecular weight is 745 g/mol. The SMILES string of the molecule is c1ccc(-c2cc(-c3cccc(-n4c5ccccc5c5c4c4sc6ccccc6c4c4c6ccccc6n(-c6ccccc6)c45)c3)nc(-c3ccccc3)n2)cc1. The van der Waals surface area contributed by atoms with Crippen molar-refractivity contribution < 1.29 is 0 Å². The van der Waals surface area contributed by atoms with Crippen molar-refractivity contribution in [3.63, 3.8) is 0 Å². The molecule has 0 aliphatic carbocycles. The van der Waals surface area contributed by atoms with Crippen LogP contribution in [0.2, 0.25) is 0 Å². The maximum Gasteiger partial charge on any atom is 0.160 e. The van der Waals surface area contributed by atoms with Crippen LogP contribution in [0.4, 0.5) is 0 Å². The normalized spacial score (nSPS) is 11.9. The summed E-state index contributed by atoms with van der Waals surface area (Å²) in [6.07, 6.45) is 0. The van der Waals surface area contributed by atoms with Gasteiger partial charge in [-0.1, -0.05) is 146 Å². The van der Waals surface area contributed by atoms with Gasteiger partial charge in [0.15, 0.2) is 5.82 Å². The van der Waals surface area contributed by atoms with Gasteiger partial charge >= 0.3 is 0 Å². The molecule has 0 bridgehead atoms. The summed E-state index contributed by atoms with van der Waals surface area (Å²) in [5.41, 5.74) is 11.9. The second-order valence-electron chi connectivity index (χ2n) is 14.5. The number of para-hydroxylation sites is 3. The van der Waals surface area contributed by atoms with E-state index in [1.165, 1.54) is 63.8 Å².